The lowest BCUT2D eigenvalue weighted by Gasteiger charge is -2.37. The minimum atomic E-state index is -0.317. The Morgan fingerprint density at radius 1 is 1.43 bits per heavy atom. The molecule has 1 aliphatic carbocycles. The first-order chi connectivity index (χ1) is 10.2. The van der Waals surface area contributed by atoms with Gasteiger partial charge in [0, 0.05) is 13.0 Å². The summed E-state index contributed by atoms with van der Waals surface area (Å²) in [5.74, 6) is 2.84. The molecule has 5 heteroatoms. The van der Waals surface area contributed by atoms with Gasteiger partial charge >= 0.3 is 0 Å². The van der Waals surface area contributed by atoms with Crippen LogP contribution in [0.5, 0.6) is 0 Å². The summed E-state index contributed by atoms with van der Waals surface area (Å²) < 4.78 is 11.6. The molecule has 2 aliphatic rings. The zero-order valence-electron chi connectivity index (χ0n) is 13.2. The second kappa shape index (κ2) is 6.44. The van der Waals surface area contributed by atoms with Gasteiger partial charge in [-0.15, -0.1) is 0 Å². The molecule has 1 saturated heterocycles. The first-order valence-electron chi connectivity index (χ1n) is 8.39. The van der Waals surface area contributed by atoms with Crippen molar-refractivity contribution in [2.75, 3.05) is 19.7 Å². The van der Waals surface area contributed by atoms with Gasteiger partial charge in [0.25, 0.3) is 0 Å². The summed E-state index contributed by atoms with van der Waals surface area (Å²) in [4.78, 5) is 4.69. The fourth-order valence-electron chi connectivity index (χ4n) is 3.84. The smallest absolute Gasteiger partial charge is 0.227 e. The lowest BCUT2D eigenvalue weighted by molar-refractivity contribution is -0.0891. The van der Waals surface area contributed by atoms with Crippen molar-refractivity contribution >= 4 is 0 Å². The van der Waals surface area contributed by atoms with Crippen molar-refractivity contribution in [3.63, 3.8) is 0 Å². The molecule has 5 nitrogen and oxygen atoms in total. The highest BCUT2D eigenvalue weighted by molar-refractivity contribution is 5.05. The molecule has 0 bridgehead atoms. The first-order valence-corrected chi connectivity index (χ1v) is 8.39. The molecule has 1 saturated carbocycles. The molecule has 0 amide bonds. The number of nitrogens with zero attached hydrogens (tertiary/aromatic N) is 2. The molecule has 3 atom stereocenters. The molecular weight excluding hydrogens is 266 g/mol. The van der Waals surface area contributed by atoms with Gasteiger partial charge in [-0.05, 0) is 57.5 Å². The van der Waals surface area contributed by atoms with Crippen LogP contribution in [0.15, 0.2) is 4.52 Å². The molecule has 21 heavy (non-hydrogen) atoms. The third kappa shape index (κ3) is 3.29. The molecule has 0 radical (unpaired) electrons. The van der Waals surface area contributed by atoms with Crippen molar-refractivity contribution in [2.45, 2.75) is 58.0 Å². The predicted octanol–water partition coefficient (Wildman–Crippen LogP) is 2.66. The third-order valence-corrected chi connectivity index (χ3v) is 4.88. The van der Waals surface area contributed by atoms with Crippen molar-refractivity contribution in [2.24, 2.45) is 11.8 Å². The number of ether oxygens (including phenoxy) is 1. The Bertz CT molecular complexity index is 452. The molecule has 0 aromatic carbocycles. The Hall–Kier alpha value is -0.940. The summed E-state index contributed by atoms with van der Waals surface area (Å²) >= 11 is 0. The van der Waals surface area contributed by atoms with Crippen LogP contribution in [0.25, 0.3) is 0 Å². The second-order valence-corrected chi connectivity index (χ2v) is 6.70. The number of hydrogen-bond acceptors (Lipinski definition) is 5. The van der Waals surface area contributed by atoms with Crippen LogP contribution in [0, 0.1) is 11.8 Å². The Kier molecular flexibility index (Phi) is 4.60. The van der Waals surface area contributed by atoms with E-state index in [0.717, 1.165) is 44.1 Å². The van der Waals surface area contributed by atoms with E-state index >= 15 is 0 Å². The molecule has 3 unspecified atom stereocenters. The van der Waals surface area contributed by atoms with Gasteiger partial charge in [-0.1, -0.05) is 18.5 Å². The van der Waals surface area contributed by atoms with E-state index in [1.54, 1.807) is 0 Å². The number of hydrogen-bond donors (Lipinski definition) is 1. The van der Waals surface area contributed by atoms with E-state index < -0.39 is 0 Å². The van der Waals surface area contributed by atoms with Crippen LogP contribution >= 0.6 is 0 Å². The van der Waals surface area contributed by atoms with Crippen LogP contribution in [0.4, 0.5) is 0 Å². The molecule has 1 aliphatic heterocycles. The predicted molar refractivity (Wildman–Crippen MR) is 79.9 cm³/mol. The third-order valence-electron chi connectivity index (χ3n) is 4.88. The number of nitrogens with one attached hydrogen (secondary N) is 1. The lowest BCUT2D eigenvalue weighted by atomic mass is 9.78. The van der Waals surface area contributed by atoms with Crippen molar-refractivity contribution in [1.29, 1.82) is 0 Å². The first kappa shape index (κ1) is 15.0. The summed E-state index contributed by atoms with van der Waals surface area (Å²) in [6.45, 7) is 7.20. The fourth-order valence-corrected chi connectivity index (χ4v) is 3.84. The maximum Gasteiger partial charge on any atom is 0.227 e. The van der Waals surface area contributed by atoms with Crippen LogP contribution in [0.3, 0.4) is 0 Å². The van der Waals surface area contributed by atoms with Crippen molar-refractivity contribution in [1.82, 2.24) is 15.5 Å². The zero-order chi connectivity index (χ0) is 14.7. The zero-order valence-corrected chi connectivity index (χ0v) is 13.2. The van der Waals surface area contributed by atoms with Crippen molar-refractivity contribution in [3.8, 4) is 0 Å². The Balaban J connectivity index is 1.74. The maximum atomic E-state index is 6.11. The molecule has 2 fully saturated rings. The molecule has 3 rings (SSSR count). The Labute approximate surface area is 126 Å². The lowest BCUT2D eigenvalue weighted by Crippen LogP contribution is -2.36. The van der Waals surface area contributed by atoms with Gasteiger partial charge in [0.1, 0.15) is 5.60 Å². The van der Waals surface area contributed by atoms with Gasteiger partial charge in [-0.2, -0.15) is 4.98 Å². The molecule has 1 N–H and O–H groups in total. The average molecular weight is 293 g/mol. The van der Waals surface area contributed by atoms with E-state index in [1.165, 1.54) is 19.3 Å². The Morgan fingerprint density at radius 2 is 2.33 bits per heavy atom. The molecular formula is C16H27N3O2. The molecule has 1 aromatic heterocycles. The van der Waals surface area contributed by atoms with Crippen LogP contribution in [0.2, 0.25) is 0 Å². The summed E-state index contributed by atoms with van der Waals surface area (Å²) in [6.07, 6.45) is 6.55. The van der Waals surface area contributed by atoms with E-state index in [-0.39, 0.29) is 5.60 Å². The summed E-state index contributed by atoms with van der Waals surface area (Å²) in [7, 11) is 0. The number of rotatable bonds is 5. The van der Waals surface area contributed by atoms with Gasteiger partial charge in [0.05, 0.1) is 0 Å². The van der Waals surface area contributed by atoms with Gasteiger partial charge in [0.2, 0.25) is 11.7 Å². The largest absolute Gasteiger partial charge is 0.367 e. The van der Waals surface area contributed by atoms with Gasteiger partial charge in [-0.3, -0.25) is 0 Å². The van der Waals surface area contributed by atoms with Crippen molar-refractivity contribution < 1.29 is 9.26 Å². The Morgan fingerprint density at radius 3 is 3.05 bits per heavy atom. The monoisotopic (exact) mass is 293 g/mol. The highest BCUT2D eigenvalue weighted by atomic mass is 16.5. The van der Waals surface area contributed by atoms with Crippen LogP contribution in [-0.4, -0.2) is 29.8 Å². The summed E-state index contributed by atoms with van der Waals surface area (Å²) in [5, 5.41) is 7.66. The summed E-state index contributed by atoms with van der Waals surface area (Å²) in [6, 6.07) is 0. The minimum Gasteiger partial charge on any atom is -0.367 e. The second-order valence-electron chi connectivity index (χ2n) is 6.70. The van der Waals surface area contributed by atoms with E-state index in [0.29, 0.717) is 18.4 Å². The van der Waals surface area contributed by atoms with Gasteiger partial charge in [0.15, 0.2) is 0 Å². The van der Waals surface area contributed by atoms with Crippen molar-refractivity contribution in [3.05, 3.63) is 11.7 Å². The summed E-state index contributed by atoms with van der Waals surface area (Å²) in [5.41, 5.74) is -0.317. The molecule has 0 spiro atoms. The molecule has 2 heterocycles. The minimum absolute atomic E-state index is 0.317. The standard InChI is InChI=1S/C16H27N3O2/c1-3-20-16(7-4-5-12(2)10-16)15-18-14(21-19-15)9-13-6-8-17-11-13/h12-13,17H,3-11H2,1-2H3. The van der Waals surface area contributed by atoms with Gasteiger partial charge in [-0.25, -0.2) is 0 Å². The SMILES string of the molecule is CCOC1(c2noc(CC3CCNC3)n2)CCCC(C)C1. The average Bonchev–Trinajstić information content (AvgIpc) is 3.11. The fraction of sp³-hybridized carbons (Fsp3) is 0.875. The van der Waals surface area contributed by atoms with Crippen LogP contribution < -0.4 is 5.32 Å². The highest BCUT2D eigenvalue weighted by Crippen LogP contribution is 2.41. The highest BCUT2D eigenvalue weighted by Gasteiger charge is 2.41. The molecule has 1 aromatic rings. The van der Waals surface area contributed by atoms with Crippen LogP contribution in [0.1, 0.15) is 57.7 Å². The maximum absolute atomic E-state index is 6.11. The molecule has 118 valence electrons. The normalized spacial score (nSPS) is 33.4. The quantitative estimate of drug-likeness (QED) is 0.904. The topological polar surface area (TPSA) is 60.2 Å². The van der Waals surface area contributed by atoms with Gasteiger partial charge < -0.3 is 14.6 Å². The number of aromatic nitrogens is 2. The van der Waals surface area contributed by atoms with E-state index in [2.05, 4.69) is 17.4 Å². The van der Waals surface area contributed by atoms with Crippen LogP contribution in [-0.2, 0) is 16.8 Å². The van der Waals surface area contributed by atoms with E-state index in [1.807, 2.05) is 6.92 Å². The van der Waals surface area contributed by atoms with E-state index in [4.69, 9.17) is 14.2 Å². The van der Waals surface area contributed by atoms with E-state index in [9.17, 15) is 0 Å².